The summed E-state index contributed by atoms with van der Waals surface area (Å²) in [5, 5.41) is 7.25. The summed E-state index contributed by atoms with van der Waals surface area (Å²) < 4.78 is 7.07. The van der Waals surface area contributed by atoms with E-state index in [4.69, 9.17) is 16.1 Å². The smallest absolute Gasteiger partial charge is 0.316 e. The van der Waals surface area contributed by atoms with Crippen LogP contribution >= 0.6 is 11.6 Å². The van der Waals surface area contributed by atoms with E-state index in [1.54, 1.807) is 24.7 Å². The minimum atomic E-state index is -0.435. The number of amides is 1. The minimum absolute atomic E-state index is 0.0838. The summed E-state index contributed by atoms with van der Waals surface area (Å²) in [6.45, 7) is 1.05. The number of nitrogens with one attached hydrogen (secondary N) is 1. The molecule has 2 aromatic heterocycles. The second-order valence-corrected chi connectivity index (χ2v) is 6.60. The van der Waals surface area contributed by atoms with Gasteiger partial charge in [-0.3, -0.25) is 4.79 Å². The van der Waals surface area contributed by atoms with Gasteiger partial charge in [0.05, 0.1) is 6.33 Å². The van der Waals surface area contributed by atoms with Crippen molar-refractivity contribution in [3.63, 3.8) is 0 Å². The molecule has 4 aromatic rings. The molecule has 8 heteroatoms. The number of halogens is 1. The first-order valence-electron chi connectivity index (χ1n) is 8.59. The Morgan fingerprint density at radius 2 is 2.00 bits per heavy atom. The molecule has 0 bridgehead atoms. The van der Waals surface area contributed by atoms with Gasteiger partial charge in [0.2, 0.25) is 5.82 Å². The third-order valence-corrected chi connectivity index (χ3v) is 4.33. The Balaban J connectivity index is 1.40. The number of hydrogen-bond donors (Lipinski definition) is 1. The molecule has 0 atom stereocenters. The van der Waals surface area contributed by atoms with Crippen LogP contribution in [0.4, 0.5) is 0 Å². The molecule has 0 saturated carbocycles. The van der Waals surface area contributed by atoms with Crippen molar-refractivity contribution in [2.75, 3.05) is 0 Å². The molecule has 2 aromatic carbocycles. The van der Waals surface area contributed by atoms with Crippen LogP contribution in [0.5, 0.6) is 0 Å². The summed E-state index contributed by atoms with van der Waals surface area (Å²) in [5.74, 6) is -0.156. The van der Waals surface area contributed by atoms with E-state index in [2.05, 4.69) is 20.4 Å². The summed E-state index contributed by atoms with van der Waals surface area (Å²) in [5.41, 5.74) is 2.77. The topological polar surface area (TPSA) is 85.8 Å². The highest BCUT2D eigenvalue weighted by Crippen LogP contribution is 2.17. The van der Waals surface area contributed by atoms with Crippen LogP contribution in [0.25, 0.3) is 11.4 Å². The van der Waals surface area contributed by atoms with Crippen molar-refractivity contribution in [2.24, 2.45) is 0 Å². The molecule has 0 aliphatic heterocycles. The Hall–Kier alpha value is -3.45. The van der Waals surface area contributed by atoms with Gasteiger partial charge in [-0.2, -0.15) is 4.98 Å². The number of hydrogen-bond acceptors (Lipinski definition) is 5. The largest absolute Gasteiger partial charge is 0.344 e. The maximum Gasteiger partial charge on any atom is 0.316 e. The average molecular weight is 394 g/mol. The highest BCUT2D eigenvalue weighted by atomic mass is 35.5. The summed E-state index contributed by atoms with van der Waals surface area (Å²) in [6.07, 6.45) is 5.41. The van der Waals surface area contributed by atoms with Gasteiger partial charge < -0.3 is 14.4 Å². The molecule has 2 heterocycles. The normalized spacial score (nSPS) is 10.8. The first kappa shape index (κ1) is 17.9. The Labute approximate surface area is 166 Å². The number of nitrogens with zero attached hydrogens (tertiary/aromatic N) is 4. The number of carbonyl (C=O) groups is 1. The molecule has 0 unspecified atom stereocenters. The summed E-state index contributed by atoms with van der Waals surface area (Å²) in [7, 11) is 0. The number of imidazole rings is 1. The Morgan fingerprint density at radius 3 is 2.75 bits per heavy atom. The monoisotopic (exact) mass is 393 g/mol. The van der Waals surface area contributed by atoms with Gasteiger partial charge in [0.25, 0.3) is 0 Å². The van der Waals surface area contributed by atoms with E-state index in [1.165, 1.54) is 0 Å². The zero-order valence-corrected chi connectivity index (χ0v) is 15.5. The second kappa shape index (κ2) is 8.06. The molecule has 140 valence electrons. The predicted molar refractivity (Wildman–Crippen MR) is 104 cm³/mol. The van der Waals surface area contributed by atoms with Crippen molar-refractivity contribution in [1.29, 1.82) is 0 Å². The molecule has 0 aliphatic carbocycles. The molecule has 0 saturated heterocycles. The van der Waals surface area contributed by atoms with E-state index in [0.717, 1.165) is 23.2 Å². The van der Waals surface area contributed by atoms with Crippen LogP contribution in [-0.4, -0.2) is 25.6 Å². The molecular formula is C20H16ClN5O2. The molecular weight excluding hydrogens is 378 g/mol. The number of benzene rings is 2. The fourth-order valence-corrected chi connectivity index (χ4v) is 2.90. The van der Waals surface area contributed by atoms with E-state index in [1.807, 2.05) is 47.2 Å². The number of aromatic nitrogens is 4. The average Bonchev–Trinajstić information content (AvgIpc) is 3.39. The van der Waals surface area contributed by atoms with Gasteiger partial charge in [-0.1, -0.05) is 53.2 Å². The minimum Gasteiger partial charge on any atom is -0.344 e. The number of rotatable bonds is 6. The van der Waals surface area contributed by atoms with E-state index in [0.29, 0.717) is 17.4 Å². The first-order valence-corrected chi connectivity index (χ1v) is 8.96. The van der Waals surface area contributed by atoms with Crippen LogP contribution in [0.1, 0.15) is 21.8 Å². The van der Waals surface area contributed by atoms with Gasteiger partial charge in [-0.25, -0.2) is 4.98 Å². The summed E-state index contributed by atoms with van der Waals surface area (Å²) in [4.78, 5) is 20.4. The van der Waals surface area contributed by atoms with Crippen molar-refractivity contribution >= 4 is 17.5 Å². The lowest BCUT2D eigenvalue weighted by Crippen LogP contribution is -2.23. The highest BCUT2D eigenvalue weighted by molar-refractivity contribution is 6.30. The molecule has 0 spiro atoms. The summed E-state index contributed by atoms with van der Waals surface area (Å²) in [6, 6.07) is 15.0. The lowest BCUT2D eigenvalue weighted by molar-refractivity contribution is 0.0907. The SMILES string of the molecule is O=C(NCc1cccc(Cl)c1)c1nc(-c2ccc(Cn3ccnc3)cc2)no1. The van der Waals surface area contributed by atoms with Gasteiger partial charge in [0.15, 0.2) is 0 Å². The Bertz CT molecular complexity index is 1070. The van der Waals surface area contributed by atoms with Crippen LogP contribution in [0.2, 0.25) is 5.02 Å². The van der Waals surface area contributed by atoms with Crippen LogP contribution in [0.15, 0.2) is 71.8 Å². The number of carbonyl (C=O) groups excluding carboxylic acids is 1. The zero-order chi connectivity index (χ0) is 19.3. The molecule has 0 aliphatic rings. The highest BCUT2D eigenvalue weighted by Gasteiger charge is 2.16. The first-order chi connectivity index (χ1) is 13.7. The molecule has 28 heavy (non-hydrogen) atoms. The van der Waals surface area contributed by atoms with E-state index >= 15 is 0 Å². The van der Waals surface area contributed by atoms with Gasteiger partial charge in [-0.05, 0) is 23.3 Å². The van der Waals surface area contributed by atoms with Gasteiger partial charge in [-0.15, -0.1) is 0 Å². The van der Waals surface area contributed by atoms with E-state index in [9.17, 15) is 4.79 Å². The van der Waals surface area contributed by atoms with Crippen molar-refractivity contribution in [2.45, 2.75) is 13.1 Å². The van der Waals surface area contributed by atoms with Gasteiger partial charge in [0, 0.05) is 36.1 Å². The maximum absolute atomic E-state index is 12.2. The molecule has 1 N–H and O–H groups in total. The molecule has 0 radical (unpaired) electrons. The second-order valence-electron chi connectivity index (χ2n) is 6.17. The molecule has 0 fully saturated rings. The fraction of sp³-hybridized carbons (Fsp3) is 0.100. The van der Waals surface area contributed by atoms with E-state index < -0.39 is 5.91 Å². The Morgan fingerprint density at radius 1 is 1.14 bits per heavy atom. The van der Waals surface area contributed by atoms with Crippen molar-refractivity contribution in [3.8, 4) is 11.4 Å². The van der Waals surface area contributed by atoms with Crippen LogP contribution in [-0.2, 0) is 13.1 Å². The summed E-state index contributed by atoms with van der Waals surface area (Å²) >= 11 is 5.94. The van der Waals surface area contributed by atoms with Crippen molar-refractivity contribution in [1.82, 2.24) is 25.0 Å². The quantitative estimate of drug-likeness (QED) is 0.541. The fourth-order valence-electron chi connectivity index (χ4n) is 2.69. The zero-order valence-electron chi connectivity index (χ0n) is 14.7. The van der Waals surface area contributed by atoms with Gasteiger partial charge >= 0.3 is 11.8 Å². The molecule has 1 amide bonds. The van der Waals surface area contributed by atoms with Crippen molar-refractivity contribution < 1.29 is 9.32 Å². The third-order valence-electron chi connectivity index (χ3n) is 4.10. The van der Waals surface area contributed by atoms with Gasteiger partial charge in [0.1, 0.15) is 0 Å². The van der Waals surface area contributed by atoms with E-state index in [-0.39, 0.29) is 5.89 Å². The molecule has 4 rings (SSSR count). The van der Waals surface area contributed by atoms with Crippen molar-refractivity contribution in [3.05, 3.63) is 89.3 Å². The standard InChI is InChI=1S/C20H16ClN5O2/c21-17-3-1-2-15(10-17)11-23-19(27)20-24-18(25-28-20)16-6-4-14(5-7-16)12-26-9-8-22-13-26/h1-10,13H,11-12H2,(H,23,27). The predicted octanol–water partition coefficient (Wildman–Crippen LogP) is 3.56. The van der Waals surface area contributed by atoms with Crippen LogP contribution in [0, 0.1) is 0 Å². The lowest BCUT2D eigenvalue weighted by Gasteiger charge is -2.03. The lowest BCUT2D eigenvalue weighted by atomic mass is 10.1. The Kier molecular flexibility index (Phi) is 5.16. The third kappa shape index (κ3) is 4.27. The maximum atomic E-state index is 12.2. The molecule has 7 nitrogen and oxygen atoms in total. The van der Waals surface area contributed by atoms with Crippen LogP contribution < -0.4 is 5.32 Å². The van der Waals surface area contributed by atoms with Crippen LogP contribution in [0.3, 0.4) is 0 Å².